The smallest absolute Gasteiger partial charge is 0.336 e. The third kappa shape index (κ3) is 3.72. The van der Waals surface area contributed by atoms with Gasteiger partial charge in [0.25, 0.3) is 5.91 Å². The summed E-state index contributed by atoms with van der Waals surface area (Å²) in [7, 11) is 0. The zero-order valence-corrected chi connectivity index (χ0v) is 16.6. The number of carbonyl (C=O) groups is 2. The van der Waals surface area contributed by atoms with E-state index in [2.05, 4.69) is 19.2 Å². The lowest BCUT2D eigenvalue weighted by Gasteiger charge is -2.22. The van der Waals surface area contributed by atoms with Gasteiger partial charge < -0.3 is 9.73 Å². The standard InChI is InChI=1S/C20H23ClN2O4/c1-11(2)5-6-20(4)18(25)23(19(26)22-20)10-13-8-17(24)27-16-7-12(3)15(21)9-14(13)16/h7-9,11H,5-6,10H2,1-4H3,(H,22,26)/t20-/m1/s1. The van der Waals surface area contributed by atoms with Gasteiger partial charge in [-0.1, -0.05) is 25.4 Å². The summed E-state index contributed by atoms with van der Waals surface area (Å²) < 4.78 is 5.24. The number of aryl methyl sites for hydroxylation is 1. The summed E-state index contributed by atoms with van der Waals surface area (Å²) in [4.78, 5) is 38.5. The average Bonchev–Trinajstić information content (AvgIpc) is 2.78. The zero-order valence-electron chi connectivity index (χ0n) is 15.9. The van der Waals surface area contributed by atoms with E-state index in [4.69, 9.17) is 16.0 Å². The second-order valence-corrected chi connectivity index (χ2v) is 8.18. The average molecular weight is 391 g/mol. The van der Waals surface area contributed by atoms with Gasteiger partial charge in [-0.3, -0.25) is 9.69 Å². The predicted molar refractivity (Wildman–Crippen MR) is 104 cm³/mol. The van der Waals surface area contributed by atoms with Crippen molar-refractivity contribution in [3.05, 3.63) is 44.8 Å². The molecule has 7 heteroatoms. The molecule has 1 saturated heterocycles. The number of benzene rings is 1. The zero-order chi connectivity index (χ0) is 19.9. The van der Waals surface area contributed by atoms with Crippen LogP contribution in [-0.4, -0.2) is 22.4 Å². The van der Waals surface area contributed by atoms with Crippen LogP contribution in [0.1, 0.15) is 44.7 Å². The molecule has 6 nitrogen and oxygen atoms in total. The number of halogens is 1. The molecule has 1 aromatic carbocycles. The number of fused-ring (bicyclic) bond motifs is 1. The Bertz CT molecular complexity index is 982. The topological polar surface area (TPSA) is 79.6 Å². The van der Waals surface area contributed by atoms with E-state index in [9.17, 15) is 14.4 Å². The number of imide groups is 1. The molecule has 144 valence electrons. The van der Waals surface area contributed by atoms with E-state index in [-0.39, 0.29) is 12.5 Å². The highest BCUT2D eigenvalue weighted by Gasteiger charge is 2.47. The maximum atomic E-state index is 12.9. The lowest BCUT2D eigenvalue weighted by Crippen LogP contribution is -2.44. The molecule has 0 aliphatic carbocycles. The SMILES string of the molecule is Cc1cc2oc(=O)cc(CN3C(=O)N[C@](C)(CCC(C)C)C3=O)c2cc1Cl. The van der Waals surface area contributed by atoms with Crippen LogP contribution in [0.2, 0.25) is 5.02 Å². The first-order valence-electron chi connectivity index (χ1n) is 8.98. The van der Waals surface area contributed by atoms with Gasteiger partial charge in [0, 0.05) is 16.5 Å². The highest BCUT2D eigenvalue weighted by Crippen LogP contribution is 2.29. The van der Waals surface area contributed by atoms with Crippen LogP contribution in [0, 0.1) is 12.8 Å². The maximum absolute atomic E-state index is 12.9. The Labute approximate surface area is 162 Å². The Hall–Kier alpha value is -2.34. The van der Waals surface area contributed by atoms with Gasteiger partial charge >= 0.3 is 11.7 Å². The van der Waals surface area contributed by atoms with Crippen molar-refractivity contribution in [3.8, 4) is 0 Å². The number of urea groups is 1. The molecule has 0 radical (unpaired) electrons. The molecule has 0 saturated carbocycles. The molecule has 3 amide bonds. The van der Waals surface area contributed by atoms with Crippen LogP contribution < -0.4 is 10.9 Å². The normalized spacial score (nSPS) is 20.0. The Kier molecular flexibility index (Phi) is 5.04. The third-order valence-corrected chi connectivity index (χ3v) is 5.41. The molecule has 0 bridgehead atoms. The molecular weight excluding hydrogens is 368 g/mol. The Morgan fingerprint density at radius 3 is 2.59 bits per heavy atom. The van der Waals surface area contributed by atoms with E-state index in [0.29, 0.717) is 33.9 Å². The Balaban J connectivity index is 1.95. The van der Waals surface area contributed by atoms with Crippen LogP contribution in [0.4, 0.5) is 4.79 Å². The van der Waals surface area contributed by atoms with Crippen LogP contribution in [0.3, 0.4) is 0 Å². The van der Waals surface area contributed by atoms with Gasteiger partial charge in [-0.2, -0.15) is 0 Å². The Morgan fingerprint density at radius 2 is 1.93 bits per heavy atom. The minimum Gasteiger partial charge on any atom is -0.423 e. The minimum atomic E-state index is -0.926. The van der Waals surface area contributed by atoms with Crippen molar-refractivity contribution in [2.75, 3.05) is 0 Å². The largest absolute Gasteiger partial charge is 0.423 e. The lowest BCUT2D eigenvalue weighted by molar-refractivity contribution is -0.131. The fourth-order valence-electron chi connectivity index (χ4n) is 3.29. The molecule has 1 aliphatic heterocycles. The van der Waals surface area contributed by atoms with Gasteiger partial charge in [-0.05, 0) is 55.9 Å². The van der Waals surface area contributed by atoms with E-state index >= 15 is 0 Å². The van der Waals surface area contributed by atoms with E-state index in [1.54, 1.807) is 19.1 Å². The van der Waals surface area contributed by atoms with Crippen molar-refractivity contribution in [1.29, 1.82) is 0 Å². The van der Waals surface area contributed by atoms with Crippen LogP contribution >= 0.6 is 11.6 Å². The maximum Gasteiger partial charge on any atom is 0.336 e. The van der Waals surface area contributed by atoms with Gasteiger partial charge in [-0.25, -0.2) is 9.59 Å². The number of rotatable bonds is 5. The molecule has 1 atom stereocenters. The monoisotopic (exact) mass is 390 g/mol. The molecule has 0 unspecified atom stereocenters. The van der Waals surface area contributed by atoms with Crippen LogP contribution in [0.25, 0.3) is 11.0 Å². The number of hydrogen-bond acceptors (Lipinski definition) is 4. The molecule has 0 spiro atoms. The fraction of sp³-hybridized carbons (Fsp3) is 0.450. The molecule has 2 aromatic rings. The number of amides is 3. The minimum absolute atomic E-state index is 0.0105. The second kappa shape index (κ2) is 7.00. The van der Waals surface area contributed by atoms with Crippen LogP contribution in [-0.2, 0) is 11.3 Å². The fourth-order valence-corrected chi connectivity index (χ4v) is 3.45. The summed E-state index contributed by atoms with van der Waals surface area (Å²) in [5.74, 6) is 0.140. The number of nitrogens with zero attached hydrogens (tertiary/aromatic N) is 1. The van der Waals surface area contributed by atoms with Crippen molar-refractivity contribution in [3.63, 3.8) is 0 Å². The molecular formula is C20H23ClN2O4. The van der Waals surface area contributed by atoms with Crippen molar-refractivity contribution in [2.24, 2.45) is 5.92 Å². The highest BCUT2D eigenvalue weighted by molar-refractivity contribution is 6.32. The molecule has 1 aromatic heterocycles. The van der Waals surface area contributed by atoms with Crippen molar-refractivity contribution < 1.29 is 14.0 Å². The van der Waals surface area contributed by atoms with Gasteiger partial charge in [0.15, 0.2) is 0 Å². The third-order valence-electron chi connectivity index (χ3n) is 5.00. The Morgan fingerprint density at radius 1 is 1.22 bits per heavy atom. The summed E-state index contributed by atoms with van der Waals surface area (Å²) >= 11 is 6.21. The summed E-state index contributed by atoms with van der Waals surface area (Å²) in [6.07, 6.45) is 1.39. The molecule has 3 rings (SSSR count). The first kappa shape index (κ1) is 19.4. The van der Waals surface area contributed by atoms with E-state index < -0.39 is 17.2 Å². The summed E-state index contributed by atoms with van der Waals surface area (Å²) in [6, 6.07) is 4.23. The molecule has 1 aliphatic rings. The van der Waals surface area contributed by atoms with Crippen molar-refractivity contribution in [2.45, 2.75) is 52.6 Å². The molecule has 27 heavy (non-hydrogen) atoms. The van der Waals surface area contributed by atoms with E-state index in [1.807, 2.05) is 6.92 Å². The van der Waals surface area contributed by atoms with Gasteiger partial charge in [0.2, 0.25) is 0 Å². The lowest BCUT2D eigenvalue weighted by atomic mass is 9.92. The van der Waals surface area contributed by atoms with E-state index in [1.165, 1.54) is 6.07 Å². The van der Waals surface area contributed by atoms with E-state index in [0.717, 1.165) is 16.9 Å². The molecule has 1 fully saturated rings. The van der Waals surface area contributed by atoms with Gasteiger partial charge in [-0.15, -0.1) is 0 Å². The summed E-state index contributed by atoms with van der Waals surface area (Å²) in [5, 5.41) is 3.94. The van der Waals surface area contributed by atoms with Crippen LogP contribution in [0.15, 0.2) is 27.4 Å². The highest BCUT2D eigenvalue weighted by atomic mass is 35.5. The summed E-state index contributed by atoms with van der Waals surface area (Å²) in [5.41, 5.74) is 0.230. The first-order valence-corrected chi connectivity index (χ1v) is 9.35. The predicted octanol–water partition coefficient (Wildman–Crippen LogP) is 4.00. The quantitative estimate of drug-likeness (QED) is 0.618. The van der Waals surface area contributed by atoms with Crippen molar-refractivity contribution in [1.82, 2.24) is 10.2 Å². The van der Waals surface area contributed by atoms with Gasteiger partial charge in [0.1, 0.15) is 11.1 Å². The van der Waals surface area contributed by atoms with Crippen molar-refractivity contribution >= 4 is 34.5 Å². The molecule has 1 N–H and O–H groups in total. The van der Waals surface area contributed by atoms with Gasteiger partial charge in [0.05, 0.1) is 6.54 Å². The number of carbonyl (C=O) groups excluding carboxylic acids is 2. The van der Waals surface area contributed by atoms with Crippen LogP contribution in [0.5, 0.6) is 0 Å². The second-order valence-electron chi connectivity index (χ2n) is 7.77. The summed E-state index contributed by atoms with van der Waals surface area (Å²) in [6.45, 7) is 7.69. The number of hydrogen-bond donors (Lipinski definition) is 1. The first-order chi connectivity index (χ1) is 12.6. The molecule has 2 heterocycles. The number of nitrogens with one attached hydrogen (secondary N) is 1.